The molecule has 2 aliphatic rings. The quantitative estimate of drug-likeness (QED) is 0.324. The third-order valence-electron chi connectivity index (χ3n) is 7.45. The maximum Gasteiger partial charge on any atom is 0.411 e. The van der Waals surface area contributed by atoms with Gasteiger partial charge in [0.05, 0.1) is 6.54 Å². The molecule has 0 fully saturated rings. The number of hydrogen-bond acceptors (Lipinski definition) is 5. The molecule has 9 heteroatoms. The molecular formula is C29H30N4O5. The van der Waals surface area contributed by atoms with Crippen molar-refractivity contribution in [1.29, 1.82) is 0 Å². The van der Waals surface area contributed by atoms with Gasteiger partial charge in [0.25, 0.3) is 0 Å². The molecule has 6 rings (SSSR count). The fraction of sp³-hybridized carbons (Fsp3) is 0.345. The van der Waals surface area contributed by atoms with E-state index in [0.29, 0.717) is 12.1 Å². The molecule has 38 heavy (non-hydrogen) atoms. The van der Waals surface area contributed by atoms with Gasteiger partial charge in [-0.2, -0.15) is 0 Å². The van der Waals surface area contributed by atoms with Gasteiger partial charge in [-0.3, -0.25) is 19.8 Å². The van der Waals surface area contributed by atoms with Crippen molar-refractivity contribution in [1.82, 2.24) is 20.2 Å². The third kappa shape index (κ3) is 4.03. The van der Waals surface area contributed by atoms with Crippen LogP contribution in [0.1, 0.15) is 49.3 Å². The third-order valence-corrected chi connectivity index (χ3v) is 7.45. The number of rotatable bonds is 3. The predicted molar refractivity (Wildman–Crippen MR) is 142 cm³/mol. The first kappa shape index (κ1) is 24.2. The highest BCUT2D eigenvalue weighted by molar-refractivity contribution is 5.97. The lowest BCUT2D eigenvalue weighted by atomic mass is 9.86. The number of H-pyrrole nitrogens is 2. The predicted octanol–water partition coefficient (Wildman–Crippen LogP) is 4.22. The van der Waals surface area contributed by atoms with E-state index in [1.165, 1.54) is 4.90 Å². The Morgan fingerprint density at radius 2 is 1.55 bits per heavy atom. The molecule has 2 aromatic carbocycles. The zero-order valence-electron chi connectivity index (χ0n) is 21.5. The van der Waals surface area contributed by atoms with Crippen molar-refractivity contribution in [2.75, 3.05) is 0 Å². The van der Waals surface area contributed by atoms with Crippen molar-refractivity contribution in [3.05, 3.63) is 71.0 Å². The van der Waals surface area contributed by atoms with Crippen LogP contribution in [0.3, 0.4) is 0 Å². The first-order chi connectivity index (χ1) is 18.1. The lowest BCUT2D eigenvalue weighted by Gasteiger charge is -2.38. The summed E-state index contributed by atoms with van der Waals surface area (Å²) in [6.07, 6.45) is -0.0309. The summed E-state index contributed by atoms with van der Waals surface area (Å²) >= 11 is 0. The zero-order chi connectivity index (χ0) is 26.8. The number of fused-ring (bicyclic) bond motifs is 6. The normalized spacial score (nSPS) is 21.2. The lowest BCUT2D eigenvalue weighted by molar-refractivity contribution is -0.140. The molecule has 9 nitrogen and oxygen atoms in total. The number of aliphatic carboxylic acids is 1. The molecule has 4 heterocycles. The molecule has 0 saturated heterocycles. The summed E-state index contributed by atoms with van der Waals surface area (Å²) in [6, 6.07) is 12.8. The van der Waals surface area contributed by atoms with Gasteiger partial charge in [0.1, 0.15) is 23.7 Å². The first-order valence-corrected chi connectivity index (χ1v) is 12.8. The topological polar surface area (TPSA) is 128 Å². The van der Waals surface area contributed by atoms with Crippen molar-refractivity contribution in [2.45, 2.75) is 63.9 Å². The largest absolute Gasteiger partial charge is 0.480 e. The van der Waals surface area contributed by atoms with E-state index in [1.54, 1.807) is 20.8 Å². The first-order valence-electron chi connectivity index (χ1n) is 12.8. The second kappa shape index (κ2) is 8.73. The lowest BCUT2D eigenvalue weighted by Crippen LogP contribution is -2.55. The maximum atomic E-state index is 14.4. The van der Waals surface area contributed by atoms with Gasteiger partial charge >= 0.3 is 12.1 Å². The fourth-order valence-corrected chi connectivity index (χ4v) is 5.78. The van der Waals surface area contributed by atoms with Crippen LogP contribution >= 0.6 is 0 Å². The molecule has 0 spiro atoms. The summed E-state index contributed by atoms with van der Waals surface area (Å²) in [5, 5.41) is 14.9. The van der Waals surface area contributed by atoms with E-state index in [9.17, 15) is 19.5 Å². The van der Waals surface area contributed by atoms with Crippen LogP contribution in [-0.2, 0) is 33.7 Å². The number of hydrogen-bond donors (Lipinski definition) is 4. The summed E-state index contributed by atoms with van der Waals surface area (Å²) < 4.78 is 5.71. The monoisotopic (exact) mass is 514 g/mol. The number of Topliss-reactive ketones (excluding diaryl/α,β-unsaturated/α-hetero) is 1. The van der Waals surface area contributed by atoms with E-state index >= 15 is 0 Å². The van der Waals surface area contributed by atoms with Crippen molar-refractivity contribution in [3.63, 3.8) is 0 Å². The summed E-state index contributed by atoms with van der Waals surface area (Å²) in [5.41, 5.74) is 4.37. The van der Waals surface area contributed by atoms with Crippen LogP contribution in [0.2, 0.25) is 0 Å². The molecule has 0 bridgehead atoms. The van der Waals surface area contributed by atoms with Gasteiger partial charge < -0.3 is 19.8 Å². The summed E-state index contributed by atoms with van der Waals surface area (Å²) in [4.78, 5) is 48.1. The second-order valence-corrected chi connectivity index (χ2v) is 11.1. The second-order valence-electron chi connectivity index (χ2n) is 11.1. The fourth-order valence-electron chi connectivity index (χ4n) is 5.78. The maximum absolute atomic E-state index is 14.4. The van der Waals surface area contributed by atoms with Gasteiger partial charge in [-0.25, -0.2) is 4.79 Å². The number of nitrogens with one attached hydrogen (secondary N) is 3. The number of carboxylic acids is 1. The number of carbonyl (C=O) groups is 3. The Morgan fingerprint density at radius 3 is 2.21 bits per heavy atom. The minimum Gasteiger partial charge on any atom is -0.480 e. The Bertz CT molecular complexity index is 1590. The van der Waals surface area contributed by atoms with Gasteiger partial charge in [0.15, 0.2) is 5.78 Å². The highest BCUT2D eigenvalue weighted by Crippen LogP contribution is 2.37. The summed E-state index contributed by atoms with van der Waals surface area (Å²) in [6.45, 7) is 5.55. The van der Waals surface area contributed by atoms with Crippen molar-refractivity contribution in [3.8, 4) is 0 Å². The van der Waals surface area contributed by atoms with Crippen LogP contribution in [0, 0.1) is 0 Å². The van der Waals surface area contributed by atoms with Crippen LogP contribution in [0.25, 0.3) is 21.8 Å². The minimum absolute atomic E-state index is 0.184. The van der Waals surface area contributed by atoms with Crippen LogP contribution in [0.5, 0.6) is 0 Å². The average Bonchev–Trinajstić information content (AvgIpc) is 3.43. The molecular weight excluding hydrogens is 484 g/mol. The van der Waals surface area contributed by atoms with Gasteiger partial charge in [-0.05, 0) is 44.0 Å². The summed E-state index contributed by atoms with van der Waals surface area (Å²) in [7, 11) is 0. The molecule has 196 valence electrons. The highest BCUT2D eigenvalue weighted by Gasteiger charge is 2.44. The number of aromatic nitrogens is 2. The van der Waals surface area contributed by atoms with E-state index in [2.05, 4.69) is 15.3 Å². The SMILES string of the molecule is CC(C)(C)OC(=O)N1Cc2[nH]c3ccccc3c2CC1C(=O)C1NC(C(=O)O)Cc2c1[nH]c1ccccc21. The number of para-hydroxylation sites is 2. The molecule has 2 aliphatic heterocycles. The standard InChI is InChI=1S/C29H30N4O5/c1-29(2,3)38-28(37)33-14-22-17(15-8-4-6-10-19(15)30-22)13-23(33)26(34)25-24-18(12-21(32-25)27(35)36)16-9-5-7-11-20(16)31-24/h4-11,21,23,25,30-32H,12-14H2,1-3H3,(H,35,36). The number of carboxylic acid groups (broad SMARTS) is 1. The Hall–Kier alpha value is -4.11. The van der Waals surface area contributed by atoms with Crippen molar-refractivity contribution < 1.29 is 24.2 Å². The van der Waals surface area contributed by atoms with Crippen LogP contribution in [0.15, 0.2) is 48.5 Å². The van der Waals surface area contributed by atoms with E-state index in [1.807, 2.05) is 48.5 Å². The molecule has 1 amide bonds. The summed E-state index contributed by atoms with van der Waals surface area (Å²) in [5.74, 6) is -1.30. The Morgan fingerprint density at radius 1 is 0.921 bits per heavy atom. The number of nitrogens with zero attached hydrogens (tertiary/aromatic N) is 1. The number of carbonyl (C=O) groups excluding carboxylic acids is 2. The highest BCUT2D eigenvalue weighted by atomic mass is 16.6. The minimum atomic E-state index is -1.02. The van der Waals surface area contributed by atoms with Gasteiger partial charge in [-0.15, -0.1) is 0 Å². The number of amides is 1. The van der Waals surface area contributed by atoms with Gasteiger partial charge in [0.2, 0.25) is 0 Å². The Balaban J connectivity index is 1.44. The van der Waals surface area contributed by atoms with E-state index in [-0.39, 0.29) is 18.7 Å². The number of ether oxygens (including phenoxy) is 1. The molecule has 3 atom stereocenters. The van der Waals surface area contributed by atoms with E-state index in [0.717, 1.165) is 38.6 Å². The molecule has 4 N–H and O–H groups in total. The van der Waals surface area contributed by atoms with Gasteiger partial charge in [0, 0.05) is 46.0 Å². The molecule has 0 saturated carbocycles. The molecule has 3 unspecified atom stereocenters. The molecule has 0 radical (unpaired) electrons. The van der Waals surface area contributed by atoms with Crippen LogP contribution in [0.4, 0.5) is 4.79 Å². The van der Waals surface area contributed by atoms with Crippen molar-refractivity contribution >= 4 is 39.7 Å². The number of ketones is 1. The Kier molecular flexibility index (Phi) is 5.57. The van der Waals surface area contributed by atoms with Crippen molar-refractivity contribution in [2.24, 2.45) is 0 Å². The number of benzene rings is 2. The molecule has 0 aliphatic carbocycles. The Labute approximate surface area is 219 Å². The smallest absolute Gasteiger partial charge is 0.411 e. The van der Waals surface area contributed by atoms with Crippen LogP contribution in [-0.4, -0.2) is 55.5 Å². The van der Waals surface area contributed by atoms with Gasteiger partial charge in [-0.1, -0.05) is 36.4 Å². The van der Waals surface area contributed by atoms with E-state index in [4.69, 9.17) is 4.74 Å². The molecule has 2 aromatic heterocycles. The molecule has 4 aromatic rings. The average molecular weight is 515 g/mol. The van der Waals surface area contributed by atoms with E-state index < -0.39 is 35.8 Å². The zero-order valence-corrected chi connectivity index (χ0v) is 21.5. The number of aromatic amines is 2. The van der Waals surface area contributed by atoms with Crippen LogP contribution < -0.4 is 5.32 Å².